The van der Waals surface area contributed by atoms with E-state index in [4.69, 9.17) is 9.84 Å². The van der Waals surface area contributed by atoms with Crippen molar-refractivity contribution in [2.45, 2.75) is 25.0 Å². The fraction of sp³-hybridized carbons (Fsp3) is 0.778. The molecule has 0 aromatic heterocycles. The van der Waals surface area contributed by atoms with E-state index in [0.717, 1.165) is 0 Å². The van der Waals surface area contributed by atoms with Crippen LogP contribution < -0.4 is 10.6 Å². The van der Waals surface area contributed by atoms with Crippen LogP contribution in [0.4, 0.5) is 9.18 Å². The van der Waals surface area contributed by atoms with Crippen molar-refractivity contribution in [3.8, 4) is 0 Å². The zero-order valence-corrected chi connectivity index (χ0v) is 8.74. The summed E-state index contributed by atoms with van der Waals surface area (Å²) >= 11 is 0. The van der Waals surface area contributed by atoms with E-state index in [-0.39, 0.29) is 25.1 Å². The predicted octanol–water partition coefficient (Wildman–Crippen LogP) is -0.113. The van der Waals surface area contributed by atoms with E-state index >= 15 is 0 Å². The number of ether oxygens (including phenoxy) is 1. The zero-order chi connectivity index (χ0) is 12.0. The Balaban J connectivity index is 2.25. The summed E-state index contributed by atoms with van der Waals surface area (Å²) in [4.78, 5) is 21.7. The molecule has 0 radical (unpaired) electrons. The normalized spacial score (nSPS) is 24.8. The Morgan fingerprint density at radius 2 is 2.19 bits per heavy atom. The lowest BCUT2D eigenvalue weighted by Crippen LogP contribution is -2.47. The number of hydrogen-bond acceptors (Lipinski definition) is 3. The molecule has 0 bridgehead atoms. The van der Waals surface area contributed by atoms with Crippen molar-refractivity contribution in [3.63, 3.8) is 0 Å². The van der Waals surface area contributed by atoms with Gasteiger partial charge >= 0.3 is 6.09 Å². The second-order valence-electron chi connectivity index (χ2n) is 3.53. The van der Waals surface area contributed by atoms with E-state index in [9.17, 15) is 14.0 Å². The molecule has 6 nitrogen and oxygen atoms in total. The van der Waals surface area contributed by atoms with Gasteiger partial charge in [0, 0.05) is 6.54 Å². The minimum atomic E-state index is -1.10. The third-order valence-electron chi connectivity index (χ3n) is 2.29. The number of carboxylic acid groups (broad SMARTS) is 1. The van der Waals surface area contributed by atoms with Crippen molar-refractivity contribution in [1.29, 1.82) is 0 Å². The first-order chi connectivity index (χ1) is 7.63. The van der Waals surface area contributed by atoms with Crippen LogP contribution in [0.5, 0.6) is 0 Å². The summed E-state index contributed by atoms with van der Waals surface area (Å²) in [5, 5.41) is 13.1. The third-order valence-corrected chi connectivity index (χ3v) is 2.29. The van der Waals surface area contributed by atoms with E-state index in [2.05, 4.69) is 10.6 Å². The number of alkyl halides is 1. The summed E-state index contributed by atoms with van der Waals surface area (Å²) in [7, 11) is 0. The number of carbonyl (C=O) groups excluding carboxylic acids is 1. The van der Waals surface area contributed by atoms with Crippen LogP contribution in [0.1, 0.15) is 12.8 Å². The Kier molecular flexibility index (Phi) is 4.97. The molecule has 16 heavy (non-hydrogen) atoms. The monoisotopic (exact) mass is 234 g/mol. The second kappa shape index (κ2) is 6.26. The Morgan fingerprint density at radius 3 is 2.69 bits per heavy atom. The molecule has 1 rings (SSSR count). The first kappa shape index (κ1) is 12.7. The van der Waals surface area contributed by atoms with Gasteiger partial charge in [-0.2, -0.15) is 0 Å². The maximum atomic E-state index is 11.8. The molecule has 0 spiro atoms. The topological polar surface area (TPSA) is 87.7 Å². The smallest absolute Gasteiger partial charge is 0.404 e. The molecule has 1 saturated heterocycles. The van der Waals surface area contributed by atoms with Crippen LogP contribution >= 0.6 is 0 Å². The molecule has 2 amide bonds. The van der Waals surface area contributed by atoms with Crippen LogP contribution in [0.25, 0.3) is 0 Å². The number of carbonyl (C=O) groups is 2. The number of nitrogens with one attached hydrogen (secondary N) is 2. The van der Waals surface area contributed by atoms with Crippen LogP contribution in [-0.4, -0.2) is 49.1 Å². The summed E-state index contributed by atoms with van der Waals surface area (Å²) in [6.07, 6.45) is -0.726. The van der Waals surface area contributed by atoms with Crippen LogP contribution in [0, 0.1) is 0 Å². The van der Waals surface area contributed by atoms with Crippen LogP contribution in [0.2, 0.25) is 0 Å². The molecule has 3 N–H and O–H groups in total. The third kappa shape index (κ3) is 4.01. The predicted molar refractivity (Wildman–Crippen MR) is 52.9 cm³/mol. The Morgan fingerprint density at radius 1 is 1.44 bits per heavy atom. The Hall–Kier alpha value is -1.37. The first-order valence-corrected chi connectivity index (χ1v) is 5.08. The second-order valence-corrected chi connectivity index (χ2v) is 3.53. The number of amides is 2. The maximum Gasteiger partial charge on any atom is 0.404 e. The van der Waals surface area contributed by atoms with E-state index in [0.29, 0.717) is 12.8 Å². The highest BCUT2D eigenvalue weighted by Crippen LogP contribution is 2.13. The largest absolute Gasteiger partial charge is 0.465 e. The fourth-order valence-corrected chi connectivity index (χ4v) is 1.53. The van der Waals surface area contributed by atoms with Gasteiger partial charge in [0.15, 0.2) is 0 Å². The molecule has 0 aliphatic carbocycles. The highest BCUT2D eigenvalue weighted by atomic mass is 19.1. The van der Waals surface area contributed by atoms with Gasteiger partial charge in [0.25, 0.3) is 0 Å². The molecule has 0 aromatic carbocycles. The number of rotatable bonds is 4. The van der Waals surface area contributed by atoms with Gasteiger partial charge in [-0.1, -0.05) is 0 Å². The van der Waals surface area contributed by atoms with Gasteiger partial charge in [-0.05, 0) is 12.8 Å². The lowest BCUT2D eigenvalue weighted by molar-refractivity contribution is -0.136. The minimum absolute atomic E-state index is 0.0184. The first-order valence-electron chi connectivity index (χ1n) is 5.08. The van der Waals surface area contributed by atoms with Gasteiger partial charge in [-0.3, -0.25) is 4.79 Å². The average molecular weight is 234 g/mol. The molecule has 1 fully saturated rings. The van der Waals surface area contributed by atoms with E-state index in [1.54, 1.807) is 0 Å². The molecule has 2 atom stereocenters. The Labute approximate surface area is 92.1 Å². The van der Waals surface area contributed by atoms with E-state index < -0.39 is 18.9 Å². The number of hydrogen-bond donors (Lipinski definition) is 3. The number of halogens is 1. The molecule has 1 aliphatic rings. The van der Waals surface area contributed by atoms with Gasteiger partial charge in [-0.15, -0.1) is 0 Å². The van der Waals surface area contributed by atoms with Crippen molar-refractivity contribution < 1.29 is 23.8 Å². The summed E-state index contributed by atoms with van der Waals surface area (Å²) in [6, 6.07) is -0.275. The van der Waals surface area contributed by atoms with Crippen LogP contribution in [-0.2, 0) is 9.53 Å². The fourth-order valence-electron chi connectivity index (χ4n) is 1.53. The molecule has 92 valence electrons. The Bertz CT molecular complexity index is 254. The lowest BCUT2D eigenvalue weighted by atomic mass is 10.0. The van der Waals surface area contributed by atoms with Gasteiger partial charge in [0.05, 0.1) is 12.6 Å². The summed E-state index contributed by atoms with van der Waals surface area (Å²) in [5.41, 5.74) is 0. The molecular formula is C9H15FN2O4. The van der Waals surface area contributed by atoms with Crippen LogP contribution in [0.3, 0.4) is 0 Å². The maximum absolute atomic E-state index is 11.8. The van der Waals surface area contributed by atoms with Gasteiger partial charge in [-0.25, -0.2) is 9.18 Å². The molecule has 1 aliphatic heterocycles. The van der Waals surface area contributed by atoms with Crippen molar-refractivity contribution in [2.24, 2.45) is 0 Å². The van der Waals surface area contributed by atoms with Gasteiger partial charge in [0.2, 0.25) is 5.91 Å². The van der Waals surface area contributed by atoms with Crippen molar-refractivity contribution in [3.05, 3.63) is 0 Å². The van der Waals surface area contributed by atoms with Gasteiger partial charge in [0.1, 0.15) is 12.8 Å². The van der Waals surface area contributed by atoms with Crippen molar-refractivity contribution >= 4 is 12.0 Å². The van der Waals surface area contributed by atoms with E-state index in [1.807, 2.05) is 0 Å². The van der Waals surface area contributed by atoms with Crippen LogP contribution in [0.15, 0.2) is 0 Å². The average Bonchev–Trinajstić information content (AvgIpc) is 2.26. The molecule has 0 unspecified atom stereocenters. The molecular weight excluding hydrogens is 219 g/mol. The summed E-state index contributed by atoms with van der Waals surface area (Å²) in [6.45, 7) is -0.461. The molecule has 0 saturated carbocycles. The zero-order valence-electron chi connectivity index (χ0n) is 8.74. The van der Waals surface area contributed by atoms with Crippen molar-refractivity contribution in [1.82, 2.24) is 10.6 Å². The highest BCUT2D eigenvalue weighted by Gasteiger charge is 2.27. The van der Waals surface area contributed by atoms with E-state index in [1.165, 1.54) is 0 Å². The SMILES string of the molecule is O=C(O)N[C@@H]1CC[C@@H](C(=O)NCCF)OC1. The summed E-state index contributed by atoms with van der Waals surface area (Å²) < 4.78 is 17.0. The molecule has 7 heteroatoms. The standard InChI is InChI=1S/C9H15FN2O4/c10-3-4-11-8(13)7-2-1-6(5-16-7)12-9(14)15/h6-7,12H,1-5H2,(H,11,13)(H,14,15)/t6-,7+/m1/s1. The highest BCUT2D eigenvalue weighted by molar-refractivity contribution is 5.80. The quantitative estimate of drug-likeness (QED) is 0.633. The minimum Gasteiger partial charge on any atom is -0.465 e. The van der Waals surface area contributed by atoms with Crippen molar-refractivity contribution in [2.75, 3.05) is 19.8 Å². The summed E-state index contributed by atoms with van der Waals surface area (Å²) in [5.74, 6) is -0.341. The van der Waals surface area contributed by atoms with Gasteiger partial charge < -0.3 is 20.5 Å². The molecule has 1 heterocycles. The lowest BCUT2D eigenvalue weighted by Gasteiger charge is -2.27. The molecule has 0 aromatic rings.